The van der Waals surface area contributed by atoms with E-state index in [1.54, 1.807) is 31.2 Å². The van der Waals surface area contributed by atoms with Crippen LogP contribution in [0, 0.1) is 6.92 Å². The Morgan fingerprint density at radius 3 is 2.87 bits per heavy atom. The molecule has 1 aromatic carbocycles. The largest absolute Gasteiger partial charge is 0.504 e. The quantitative estimate of drug-likeness (QED) is 0.827. The average molecular weight is 206 g/mol. The maximum absolute atomic E-state index is 9.40. The summed E-state index contributed by atoms with van der Waals surface area (Å²) in [6, 6.07) is 6.72. The molecule has 1 heterocycles. The van der Waals surface area contributed by atoms with E-state index in [9.17, 15) is 5.11 Å². The molecule has 0 aliphatic rings. The van der Waals surface area contributed by atoms with Gasteiger partial charge in [0.25, 0.3) is 0 Å². The lowest BCUT2D eigenvalue weighted by Crippen LogP contribution is -1.97. The fraction of sp³-hybridized carbons (Fsp3) is 0.200. The van der Waals surface area contributed by atoms with Crippen molar-refractivity contribution >= 4 is 0 Å². The molecule has 5 heteroatoms. The summed E-state index contributed by atoms with van der Waals surface area (Å²) in [5.74, 6) is 1.44. The number of benzene rings is 1. The highest BCUT2D eigenvalue weighted by atomic mass is 16.5. The van der Waals surface area contributed by atoms with Crippen molar-refractivity contribution in [1.82, 2.24) is 10.1 Å². The summed E-state index contributed by atoms with van der Waals surface area (Å²) in [4.78, 5) is 3.97. The summed E-state index contributed by atoms with van der Waals surface area (Å²) in [6.07, 6.45) is 0. The molecule has 0 aliphatic heterocycles. The van der Waals surface area contributed by atoms with Gasteiger partial charge in [-0.25, -0.2) is 0 Å². The van der Waals surface area contributed by atoms with Crippen LogP contribution in [0.25, 0.3) is 0 Å². The maximum atomic E-state index is 9.40. The number of phenolic OH excluding ortho intramolecular Hbond substituents is 1. The highest BCUT2D eigenvalue weighted by molar-refractivity contribution is 5.37. The maximum Gasteiger partial charge on any atom is 0.223 e. The van der Waals surface area contributed by atoms with Gasteiger partial charge in [0.05, 0.1) is 0 Å². The number of ether oxygens (including phenoxy) is 1. The molecule has 0 amide bonds. The van der Waals surface area contributed by atoms with Crippen molar-refractivity contribution in [3.8, 4) is 11.5 Å². The fourth-order valence-electron chi connectivity index (χ4n) is 1.12. The van der Waals surface area contributed by atoms with E-state index in [-0.39, 0.29) is 12.4 Å². The molecule has 78 valence electrons. The molecule has 1 aromatic heterocycles. The van der Waals surface area contributed by atoms with E-state index in [0.29, 0.717) is 17.5 Å². The first-order valence-corrected chi connectivity index (χ1v) is 4.45. The molecule has 5 nitrogen and oxygen atoms in total. The molecule has 0 saturated heterocycles. The Hall–Kier alpha value is -2.04. The normalized spacial score (nSPS) is 10.2. The van der Waals surface area contributed by atoms with Gasteiger partial charge in [-0.1, -0.05) is 17.3 Å². The third-order valence-electron chi connectivity index (χ3n) is 1.79. The monoisotopic (exact) mass is 206 g/mol. The second-order valence-corrected chi connectivity index (χ2v) is 2.99. The first-order chi connectivity index (χ1) is 7.25. The van der Waals surface area contributed by atoms with E-state index < -0.39 is 0 Å². The van der Waals surface area contributed by atoms with E-state index in [2.05, 4.69) is 10.1 Å². The number of hydrogen-bond donors (Lipinski definition) is 1. The van der Waals surface area contributed by atoms with Gasteiger partial charge in [-0.2, -0.15) is 4.98 Å². The summed E-state index contributed by atoms with van der Waals surface area (Å²) < 4.78 is 10.1. The van der Waals surface area contributed by atoms with Crippen molar-refractivity contribution in [2.24, 2.45) is 0 Å². The molecule has 0 radical (unpaired) electrons. The first kappa shape index (κ1) is 9.51. The number of para-hydroxylation sites is 2. The van der Waals surface area contributed by atoms with Gasteiger partial charge in [0.15, 0.2) is 18.1 Å². The van der Waals surface area contributed by atoms with Crippen LogP contribution in [0.2, 0.25) is 0 Å². The lowest BCUT2D eigenvalue weighted by Gasteiger charge is -2.04. The summed E-state index contributed by atoms with van der Waals surface area (Å²) >= 11 is 0. The minimum Gasteiger partial charge on any atom is -0.504 e. The average Bonchev–Trinajstić information content (AvgIpc) is 2.63. The summed E-state index contributed by atoms with van der Waals surface area (Å²) in [7, 11) is 0. The van der Waals surface area contributed by atoms with E-state index in [1.165, 1.54) is 0 Å². The van der Waals surface area contributed by atoms with Crippen molar-refractivity contribution in [1.29, 1.82) is 0 Å². The van der Waals surface area contributed by atoms with Gasteiger partial charge in [-0.15, -0.1) is 0 Å². The molecule has 2 rings (SSSR count). The lowest BCUT2D eigenvalue weighted by molar-refractivity contribution is 0.272. The number of aryl methyl sites for hydroxylation is 1. The highest BCUT2D eigenvalue weighted by Gasteiger charge is 2.05. The van der Waals surface area contributed by atoms with Crippen molar-refractivity contribution in [3.05, 3.63) is 36.0 Å². The zero-order chi connectivity index (χ0) is 10.7. The smallest absolute Gasteiger partial charge is 0.223 e. The highest BCUT2D eigenvalue weighted by Crippen LogP contribution is 2.24. The van der Waals surface area contributed by atoms with Gasteiger partial charge >= 0.3 is 0 Å². The summed E-state index contributed by atoms with van der Waals surface area (Å²) in [5.41, 5.74) is 0. The van der Waals surface area contributed by atoms with Gasteiger partial charge < -0.3 is 14.4 Å². The molecule has 2 aromatic rings. The van der Waals surface area contributed by atoms with Gasteiger partial charge in [0.1, 0.15) is 0 Å². The number of aromatic nitrogens is 2. The van der Waals surface area contributed by atoms with Crippen LogP contribution in [0.3, 0.4) is 0 Å². The number of nitrogens with zero attached hydrogens (tertiary/aromatic N) is 2. The van der Waals surface area contributed by atoms with Gasteiger partial charge in [0, 0.05) is 6.92 Å². The molecule has 0 spiro atoms. The van der Waals surface area contributed by atoms with Crippen LogP contribution in [0.4, 0.5) is 0 Å². The second-order valence-electron chi connectivity index (χ2n) is 2.99. The van der Waals surface area contributed by atoms with E-state index in [4.69, 9.17) is 9.26 Å². The fourth-order valence-corrected chi connectivity index (χ4v) is 1.12. The summed E-state index contributed by atoms with van der Waals surface area (Å²) in [5, 5.41) is 13.1. The first-order valence-electron chi connectivity index (χ1n) is 4.45. The third-order valence-corrected chi connectivity index (χ3v) is 1.79. The molecule has 0 bridgehead atoms. The minimum absolute atomic E-state index is 0.0951. The minimum atomic E-state index is 0.0951. The second kappa shape index (κ2) is 4.00. The molecule has 0 aliphatic carbocycles. The Bertz CT molecular complexity index is 453. The SMILES string of the molecule is Cc1nc(COc2ccccc2O)no1. The van der Waals surface area contributed by atoms with Crippen LogP contribution in [-0.4, -0.2) is 15.2 Å². The molecule has 0 unspecified atom stereocenters. The van der Waals surface area contributed by atoms with Gasteiger partial charge in [0.2, 0.25) is 11.7 Å². The standard InChI is InChI=1S/C10H10N2O3/c1-7-11-10(12-15-7)6-14-9-5-3-2-4-8(9)13/h2-5,13H,6H2,1H3. The Labute approximate surface area is 86.3 Å². The van der Waals surface area contributed by atoms with E-state index in [1.807, 2.05) is 0 Å². The molecule has 0 saturated carbocycles. The number of phenols is 1. The summed E-state index contributed by atoms with van der Waals surface area (Å²) in [6.45, 7) is 1.88. The van der Waals surface area contributed by atoms with E-state index >= 15 is 0 Å². The van der Waals surface area contributed by atoms with Crippen LogP contribution in [0.1, 0.15) is 11.7 Å². The van der Waals surface area contributed by atoms with Crippen molar-refractivity contribution in [2.45, 2.75) is 13.5 Å². The lowest BCUT2D eigenvalue weighted by atomic mass is 10.3. The van der Waals surface area contributed by atoms with Crippen molar-refractivity contribution in [2.75, 3.05) is 0 Å². The third kappa shape index (κ3) is 2.25. The zero-order valence-corrected chi connectivity index (χ0v) is 8.17. The number of hydrogen-bond acceptors (Lipinski definition) is 5. The molecular weight excluding hydrogens is 196 g/mol. The molecule has 15 heavy (non-hydrogen) atoms. The Morgan fingerprint density at radius 2 is 2.20 bits per heavy atom. The van der Waals surface area contributed by atoms with E-state index in [0.717, 1.165) is 0 Å². The van der Waals surface area contributed by atoms with Gasteiger partial charge in [-0.3, -0.25) is 0 Å². The van der Waals surface area contributed by atoms with Gasteiger partial charge in [-0.05, 0) is 12.1 Å². The van der Waals surface area contributed by atoms with Crippen LogP contribution >= 0.6 is 0 Å². The van der Waals surface area contributed by atoms with Crippen molar-refractivity contribution in [3.63, 3.8) is 0 Å². The van der Waals surface area contributed by atoms with Crippen LogP contribution < -0.4 is 4.74 Å². The predicted molar refractivity (Wildman–Crippen MR) is 51.5 cm³/mol. The molecule has 0 atom stereocenters. The van der Waals surface area contributed by atoms with Crippen LogP contribution in [0.5, 0.6) is 11.5 Å². The van der Waals surface area contributed by atoms with Crippen LogP contribution in [-0.2, 0) is 6.61 Å². The van der Waals surface area contributed by atoms with Crippen molar-refractivity contribution < 1.29 is 14.4 Å². The Balaban J connectivity index is 2.02. The topological polar surface area (TPSA) is 68.4 Å². The number of aromatic hydroxyl groups is 1. The predicted octanol–water partition coefficient (Wildman–Crippen LogP) is 1.66. The Kier molecular flexibility index (Phi) is 2.53. The van der Waals surface area contributed by atoms with Crippen LogP contribution in [0.15, 0.2) is 28.8 Å². The Morgan fingerprint density at radius 1 is 1.40 bits per heavy atom. The number of rotatable bonds is 3. The molecule has 1 N–H and O–H groups in total. The molecular formula is C10H10N2O3. The zero-order valence-electron chi connectivity index (χ0n) is 8.17. The molecule has 0 fully saturated rings.